The number of hydrogen-bond donors (Lipinski definition) is 1. The molecular formula is C24H22N2O2S. The third-order valence-electron chi connectivity index (χ3n) is 4.87. The smallest absolute Gasteiger partial charge is 0.258 e. The summed E-state index contributed by atoms with van der Waals surface area (Å²) < 4.78 is 10.6. The number of aryl methyl sites for hydroxylation is 1. The van der Waals surface area contributed by atoms with E-state index in [1.807, 2.05) is 60.8 Å². The second-order valence-corrected chi connectivity index (χ2v) is 7.71. The van der Waals surface area contributed by atoms with Gasteiger partial charge in [-0.05, 0) is 46.7 Å². The van der Waals surface area contributed by atoms with Crippen LogP contribution in [-0.2, 0) is 13.6 Å². The first kappa shape index (κ1) is 19.3. The maximum absolute atomic E-state index is 12.5. The zero-order valence-corrected chi connectivity index (χ0v) is 17.2. The van der Waals surface area contributed by atoms with Crippen molar-refractivity contribution in [2.45, 2.75) is 11.4 Å². The fourth-order valence-corrected chi connectivity index (χ4v) is 4.20. The molecule has 0 unspecified atom stereocenters. The summed E-state index contributed by atoms with van der Waals surface area (Å²) in [7, 11) is 3.47. The van der Waals surface area contributed by atoms with E-state index in [9.17, 15) is 4.79 Å². The second kappa shape index (κ2) is 8.55. The number of aromatic nitrogens is 1. The molecule has 0 bridgehead atoms. The van der Waals surface area contributed by atoms with Crippen LogP contribution in [0.4, 0.5) is 0 Å². The Balaban J connectivity index is 1.69. The van der Waals surface area contributed by atoms with Crippen LogP contribution < -0.4 is 15.0 Å². The van der Waals surface area contributed by atoms with Gasteiger partial charge in [-0.25, -0.2) is 0 Å². The van der Waals surface area contributed by atoms with Crippen LogP contribution in [0.25, 0.3) is 21.9 Å². The molecule has 4 rings (SSSR count). The molecular weight excluding hydrogens is 380 g/mol. The molecule has 0 saturated heterocycles. The van der Waals surface area contributed by atoms with Crippen molar-refractivity contribution in [3.8, 4) is 16.9 Å². The molecule has 4 aromatic rings. The van der Waals surface area contributed by atoms with E-state index in [1.54, 1.807) is 30.7 Å². The molecule has 4 nitrogen and oxygen atoms in total. The van der Waals surface area contributed by atoms with Crippen LogP contribution in [0.1, 0.15) is 5.56 Å². The average Bonchev–Trinajstić information content (AvgIpc) is 2.77. The van der Waals surface area contributed by atoms with Crippen LogP contribution >= 0.6 is 11.9 Å². The number of fused-ring (bicyclic) bond motifs is 1. The summed E-state index contributed by atoms with van der Waals surface area (Å²) in [5.41, 5.74) is 3.30. The predicted octanol–water partition coefficient (Wildman–Crippen LogP) is 5.01. The number of nitrogens with zero attached hydrogens (tertiary/aromatic N) is 1. The van der Waals surface area contributed by atoms with Gasteiger partial charge < -0.3 is 9.30 Å². The van der Waals surface area contributed by atoms with E-state index in [2.05, 4.69) is 22.9 Å². The molecule has 0 atom stereocenters. The molecule has 0 aliphatic carbocycles. The van der Waals surface area contributed by atoms with Gasteiger partial charge in [0.2, 0.25) is 0 Å². The number of nitrogens with one attached hydrogen (secondary N) is 1. The van der Waals surface area contributed by atoms with Crippen molar-refractivity contribution >= 4 is 22.7 Å². The quantitative estimate of drug-likeness (QED) is 0.460. The molecule has 5 heteroatoms. The van der Waals surface area contributed by atoms with Crippen molar-refractivity contribution < 1.29 is 4.74 Å². The van der Waals surface area contributed by atoms with Gasteiger partial charge in [0.25, 0.3) is 5.56 Å². The van der Waals surface area contributed by atoms with Crippen LogP contribution in [0.15, 0.2) is 88.7 Å². The van der Waals surface area contributed by atoms with E-state index in [-0.39, 0.29) is 5.56 Å². The number of rotatable bonds is 6. The molecule has 0 saturated carbocycles. The van der Waals surface area contributed by atoms with Gasteiger partial charge in [-0.3, -0.25) is 9.52 Å². The Morgan fingerprint density at radius 3 is 2.45 bits per heavy atom. The van der Waals surface area contributed by atoms with Gasteiger partial charge in [0.15, 0.2) is 0 Å². The summed E-state index contributed by atoms with van der Waals surface area (Å²) in [6.07, 6.45) is 1.90. The summed E-state index contributed by atoms with van der Waals surface area (Å²) in [6.45, 7) is 0.752. The minimum Gasteiger partial charge on any atom is -0.496 e. The lowest BCUT2D eigenvalue weighted by atomic mass is 10.0. The first-order valence-electron chi connectivity index (χ1n) is 9.38. The fraction of sp³-hybridized carbons (Fsp3) is 0.125. The maximum atomic E-state index is 12.5. The molecule has 146 valence electrons. The number of benzene rings is 3. The van der Waals surface area contributed by atoms with Crippen molar-refractivity contribution in [3.63, 3.8) is 0 Å². The zero-order valence-electron chi connectivity index (χ0n) is 16.4. The predicted molar refractivity (Wildman–Crippen MR) is 120 cm³/mol. The summed E-state index contributed by atoms with van der Waals surface area (Å²) in [4.78, 5) is 13.5. The highest BCUT2D eigenvalue weighted by Gasteiger charge is 2.12. The number of hydrogen-bond acceptors (Lipinski definition) is 4. The van der Waals surface area contributed by atoms with Gasteiger partial charge in [-0.15, -0.1) is 0 Å². The summed E-state index contributed by atoms with van der Waals surface area (Å²) in [5, 5.41) is 1.67. The summed E-state index contributed by atoms with van der Waals surface area (Å²) >= 11 is 1.54. The third kappa shape index (κ3) is 4.06. The maximum Gasteiger partial charge on any atom is 0.258 e. The standard InChI is InChI=1S/C24H22N2O2S/c1-26-16-21(19-10-6-7-11-20(19)24(26)27)18-12-13-22(28-2)23(14-18)29-25-15-17-8-4-3-5-9-17/h3-14,16,25H,15H2,1-2H3. The van der Waals surface area contributed by atoms with Crippen molar-refractivity contribution in [2.75, 3.05) is 7.11 Å². The highest BCUT2D eigenvalue weighted by Crippen LogP contribution is 2.34. The van der Waals surface area contributed by atoms with Crippen LogP contribution in [-0.4, -0.2) is 11.7 Å². The Labute approximate surface area is 174 Å². The van der Waals surface area contributed by atoms with Crippen LogP contribution in [0.2, 0.25) is 0 Å². The van der Waals surface area contributed by atoms with Crippen molar-refractivity contribution in [1.29, 1.82) is 0 Å². The molecule has 3 aromatic carbocycles. The summed E-state index contributed by atoms with van der Waals surface area (Å²) in [5.74, 6) is 0.813. The normalized spacial score (nSPS) is 11.0. The lowest BCUT2D eigenvalue weighted by Crippen LogP contribution is -2.16. The molecule has 1 N–H and O–H groups in total. The Hall–Kier alpha value is -3.02. The molecule has 1 heterocycles. The monoisotopic (exact) mass is 402 g/mol. The largest absolute Gasteiger partial charge is 0.496 e. The van der Waals surface area contributed by atoms with Gasteiger partial charge in [-0.2, -0.15) is 0 Å². The Morgan fingerprint density at radius 1 is 0.966 bits per heavy atom. The minimum atomic E-state index is 0.0111. The van der Waals surface area contributed by atoms with Gasteiger partial charge in [-0.1, -0.05) is 54.6 Å². The molecule has 0 aliphatic rings. The molecule has 29 heavy (non-hydrogen) atoms. The third-order valence-corrected chi connectivity index (χ3v) is 5.69. The molecule has 0 aliphatic heterocycles. The van der Waals surface area contributed by atoms with E-state index in [0.29, 0.717) is 0 Å². The van der Waals surface area contributed by atoms with Crippen LogP contribution in [0.3, 0.4) is 0 Å². The Morgan fingerprint density at radius 2 is 1.69 bits per heavy atom. The lowest BCUT2D eigenvalue weighted by molar-refractivity contribution is 0.405. The topological polar surface area (TPSA) is 43.3 Å². The number of pyridine rings is 1. The summed E-state index contributed by atoms with van der Waals surface area (Å²) in [6, 6.07) is 24.1. The SMILES string of the molecule is COc1ccc(-c2cn(C)c(=O)c3ccccc23)cc1SNCc1ccccc1. The average molecular weight is 403 g/mol. The highest BCUT2D eigenvalue weighted by atomic mass is 32.2. The molecule has 0 radical (unpaired) electrons. The van der Waals surface area contributed by atoms with Crippen molar-refractivity contribution in [2.24, 2.45) is 7.05 Å². The minimum absolute atomic E-state index is 0.0111. The second-order valence-electron chi connectivity index (χ2n) is 6.78. The van der Waals surface area contributed by atoms with Crippen molar-refractivity contribution in [3.05, 3.63) is 94.9 Å². The van der Waals surface area contributed by atoms with Gasteiger partial charge in [0, 0.05) is 30.7 Å². The molecule has 1 aromatic heterocycles. The van der Waals surface area contributed by atoms with Crippen LogP contribution in [0.5, 0.6) is 5.75 Å². The van der Waals surface area contributed by atoms with Crippen LogP contribution in [0, 0.1) is 0 Å². The van der Waals surface area contributed by atoms with E-state index in [1.165, 1.54) is 5.56 Å². The van der Waals surface area contributed by atoms with Crippen molar-refractivity contribution in [1.82, 2.24) is 9.29 Å². The van der Waals surface area contributed by atoms with E-state index in [0.717, 1.165) is 39.1 Å². The van der Waals surface area contributed by atoms with Gasteiger partial charge in [0.1, 0.15) is 5.75 Å². The first-order chi connectivity index (χ1) is 14.2. The van der Waals surface area contributed by atoms with E-state index < -0.39 is 0 Å². The van der Waals surface area contributed by atoms with Gasteiger partial charge in [0.05, 0.1) is 12.0 Å². The molecule has 0 amide bonds. The first-order valence-corrected chi connectivity index (χ1v) is 10.2. The highest BCUT2D eigenvalue weighted by molar-refractivity contribution is 7.97. The van der Waals surface area contributed by atoms with E-state index >= 15 is 0 Å². The fourth-order valence-electron chi connectivity index (χ4n) is 3.36. The molecule has 0 spiro atoms. The lowest BCUT2D eigenvalue weighted by Gasteiger charge is -2.13. The number of methoxy groups -OCH3 is 1. The molecule has 0 fully saturated rings. The zero-order chi connectivity index (χ0) is 20.2. The Bertz CT molecular complexity index is 1200. The Kier molecular flexibility index (Phi) is 5.69. The number of ether oxygens (including phenoxy) is 1. The van der Waals surface area contributed by atoms with Gasteiger partial charge >= 0.3 is 0 Å². The van der Waals surface area contributed by atoms with E-state index in [4.69, 9.17) is 4.74 Å².